The second-order valence-corrected chi connectivity index (χ2v) is 6.49. The maximum Gasteiger partial charge on any atom is 0.303 e. The normalized spacial score (nSPS) is 23.4. The average molecular weight is 274 g/mol. The number of benzene rings is 1. The summed E-state index contributed by atoms with van der Waals surface area (Å²) < 4.78 is 6.39. The van der Waals surface area contributed by atoms with Crippen LogP contribution in [0.25, 0.3) is 0 Å². The van der Waals surface area contributed by atoms with Gasteiger partial charge >= 0.3 is 5.97 Å². The third-order valence-corrected chi connectivity index (χ3v) is 4.76. The van der Waals surface area contributed by atoms with Crippen LogP contribution in [0.4, 0.5) is 0 Å². The summed E-state index contributed by atoms with van der Waals surface area (Å²) >= 11 is 0. The van der Waals surface area contributed by atoms with Gasteiger partial charge in [-0.15, -0.1) is 0 Å². The molecule has 3 heteroatoms. The van der Waals surface area contributed by atoms with E-state index in [-0.39, 0.29) is 17.9 Å². The number of carbonyl (C=O) groups is 1. The fourth-order valence-electron chi connectivity index (χ4n) is 3.97. The number of rotatable bonds is 2. The molecule has 1 saturated carbocycles. The van der Waals surface area contributed by atoms with E-state index >= 15 is 0 Å². The highest BCUT2D eigenvalue weighted by Gasteiger charge is 2.43. The number of aliphatic carboxylic acids is 1. The van der Waals surface area contributed by atoms with Crippen molar-refractivity contribution in [3.63, 3.8) is 0 Å². The second-order valence-electron chi connectivity index (χ2n) is 6.49. The van der Waals surface area contributed by atoms with Crippen molar-refractivity contribution in [2.24, 2.45) is 0 Å². The predicted octanol–water partition coefficient (Wildman–Crippen LogP) is 3.96. The largest absolute Gasteiger partial charge is 0.487 e. The first-order valence-electron chi connectivity index (χ1n) is 7.51. The lowest BCUT2D eigenvalue weighted by Crippen LogP contribution is -2.39. The standard InChI is InChI=1S/C17H22O3/c1-11-7-12(2)16-14(8-11)13(9-15(18)19)10-17(20-16)5-3-4-6-17/h7-8,13H,3-6,9-10H2,1-2H3,(H,18,19). The van der Waals surface area contributed by atoms with E-state index in [4.69, 9.17) is 4.74 Å². The van der Waals surface area contributed by atoms with E-state index in [9.17, 15) is 9.90 Å². The molecule has 1 spiro atoms. The first kappa shape index (κ1) is 13.5. The van der Waals surface area contributed by atoms with Gasteiger partial charge in [-0.3, -0.25) is 4.79 Å². The Bertz CT molecular complexity index is 541. The van der Waals surface area contributed by atoms with Crippen LogP contribution < -0.4 is 4.74 Å². The van der Waals surface area contributed by atoms with E-state index < -0.39 is 5.97 Å². The number of aryl methyl sites for hydroxylation is 2. The molecule has 1 unspecified atom stereocenters. The molecule has 0 saturated heterocycles. The van der Waals surface area contributed by atoms with Crippen molar-refractivity contribution < 1.29 is 14.6 Å². The number of ether oxygens (including phenoxy) is 1. The Morgan fingerprint density at radius 3 is 2.70 bits per heavy atom. The van der Waals surface area contributed by atoms with Gasteiger partial charge in [-0.2, -0.15) is 0 Å². The number of carboxylic acids is 1. The van der Waals surface area contributed by atoms with Gasteiger partial charge in [0.15, 0.2) is 0 Å². The number of carboxylic acid groups (broad SMARTS) is 1. The molecule has 2 aliphatic rings. The minimum atomic E-state index is -0.713. The van der Waals surface area contributed by atoms with Crippen molar-refractivity contribution in [3.8, 4) is 5.75 Å². The van der Waals surface area contributed by atoms with Gasteiger partial charge in [0, 0.05) is 5.92 Å². The molecule has 1 aromatic rings. The van der Waals surface area contributed by atoms with Gasteiger partial charge in [-0.05, 0) is 57.1 Å². The summed E-state index contributed by atoms with van der Waals surface area (Å²) in [5.74, 6) is 0.332. The van der Waals surface area contributed by atoms with Gasteiger partial charge in [-0.1, -0.05) is 17.7 Å². The Morgan fingerprint density at radius 2 is 2.05 bits per heavy atom. The SMILES string of the molecule is Cc1cc(C)c2c(c1)C(CC(=O)O)CC1(CCCC1)O2. The number of fused-ring (bicyclic) bond motifs is 1. The fraction of sp³-hybridized carbons (Fsp3) is 0.588. The lowest BCUT2D eigenvalue weighted by atomic mass is 9.79. The quantitative estimate of drug-likeness (QED) is 0.888. The van der Waals surface area contributed by atoms with E-state index in [0.29, 0.717) is 0 Å². The molecule has 1 aliphatic carbocycles. The zero-order valence-electron chi connectivity index (χ0n) is 12.2. The lowest BCUT2D eigenvalue weighted by molar-refractivity contribution is -0.137. The molecule has 1 atom stereocenters. The summed E-state index contributed by atoms with van der Waals surface area (Å²) in [7, 11) is 0. The van der Waals surface area contributed by atoms with Crippen LogP contribution in [-0.2, 0) is 4.79 Å². The molecule has 3 rings (SSSR count). The zero-order chi connectivity index (χ0) is 14.3. The highest BCUT2D eigenvalue weighted by atomic mass is 16.5. The van der Waals surface area contributed by atoms with Crippen molar-refractivity contribution in [2.75, 3.05) is 0 Å². The van der Waals surface area contributed by atoms with E-state index in [2.05, 4.69) is 26.0 Å². The Balaban J connectivity index is 2.04. The second kappa shape index (κ2) is 4.80. The molecule has 1 aliphatic heterocycles. The number of hydrogen-bond acceptors (Lipinski definition) is 2. The summed E-state index contributed by atoms with van der Waals surface area (Å²) in [6.45, 7) is 4.13. The van der Waals surface area contributed by atoms with Gasteiger partial charge < -0.3 is 9.84 Å². The molecule has 20 heavy (non-hydrogen) atoms. The number of hydrogen-bond donors (Lipinski definition) is 1. The molecular weight excluding hydrogens is 252 g/mol. The Kier molecular flexibility index (Phi) is 3.23. The van der Waals surface area contributed by atoms with Crippen molar-refractivity contribution in [1.82, 2.24) is 0 Å². The van der Waals surface area contributed by atoms with E-state index in [0.717, 1.165) is 36.1 Å². The van der Waals surface area contributed by atoms with Crippen LogP contribution in [0, 0.1) is 13.8 Å². The molecule has 0 aromatic heterocycles. The maximum atomic E-state index is 11.2. The molecule has 0 amide bonds. The summed E-state index contributed by atoms with van der Waals surface area (Å²) in [5, 5.41) is 9.22. The average Bonchev–Trinajstić information content (AvgIpc) is 2.78. The maximum absolute atomic E-state index is 11.2. The van der Waals surface area contributed by atoms with Crippen LogP contribution in [0.3, 0.4) is 0 Å². The highest BCUT2D eigenvalue weighted by molar-refractivity contribution is 5.68. The first-order valence-corrected chi connectivity index (χ1v) is 7.51. The van der Waals surface area contributed by atoms with Gasteiger partial charge in [0.1, 0.15) is 11.4 Å². The first-order chi connectivity index (χ1) is 9.49. The van der Waals surface area contributed by atoms with Gasteiger partial charge in [0.2, 0.25) is 0 Å². The summed E-state index contributed by atoms with van der Waals surface area (Å²) in [6, 6.07) is 4.24. The molecule has 1 N–H and O–H groups in total. The molecule has 3 nitrogen and oxygen atoms in total. The van der Waals surface area contributed by atoms with Crippen molar-refractivity contribution >= 4 is 5.97 Å². The van der Waals surface area contributed by atoms with Crippen molar-refractivity contribution in [1.29, 1.82) is 0 Å². The van der Waals surface area contributed by atoms with E-state index in [1.807, 2.05) is 0 Å². The van der Waals surface area contributed by atoms with E-state index in [1.54, 1.807) is 0 Å². The van der Waals surface area contributed by atoms with Crippen LogP contribution in [0.5, 0.6) is 5.75 Å². The van der Waals surface area contributed by atoms with Crippen LogP contribution in [-0.4, -0.2) is 16.7 Å². The van der Waals surface area contributed by atoms with Gasteiger partial charge in [0.25, 0.3) is 0 Å². The minimum absolute atomic E-state index is 0.0907. The summed E-state index contributed by atoms with van der Waals surface area (Å²) in [4.78, 5) is 11.2. The monoisotopic (exact) mass is 274 g/mol. The predicted molar refractivity (Wildman–Crippen MR) is 77.4 cm³/mol. The van der Waals surface area contributed by atoms with Gasteiger partial charge in [0.05, 0.1) is 6.42 Å². The third kappa shape index (κ3) is 2.30. The highest BCUT2D eigenvalue weighted by Crippen LogP contribution is 2.50. The molecular formula is C17H22O3. The lowest BCUT2D eigenvalue weighted by Gasteiger charge is -2.40. The molecule has 1 heterocycles. The topological polar surface area (TPSA) is 46.5 Å². The van der Waals surface area contributed by atoms with Crippen molar-refractivity contribution in [3.05, 3.63) is 28.8 Å². The Morgan fingerprint density at radius 1 is 1.35 bits per heavy atom. The summed E-state index contributed by atoms with van der Waals surface area (Å²) in [6.07, 6.45) is 5.59. The minimum Gasteiger partial charge on any atom is -0.487 e. The van der Waals surface area contributed by atoms with Crippen LogP contribution in [0.1, 0.15) is 61.1 Å². The smallest absolute Gasteiger partial charge is 0.303 e. The fourth-order valence-corrected chi connectivity index (χ4v) is 3.97. The Labute approximate surface area is 120 Å². The summed E-state index contributed by atoms with van der Waals surface area (Å²) in [5.41, 5.74) is 3.32. The Hall–Kier alpha value is -1.51. The van der Waals surface area contributed by atoms with Crippen LogP contribution in [0.15, 0.2) is 12.1 Å². The molecule has 1 aromatic carbocycles. The third-order valence-electron chi connectivity index (χ3n) is 4.76. The molecule has 1 fully saturated rings. The molecule has 108 valence electrons. The molecule has 0 radical (unpaired) electrons. The van der Waals surface area contributed by atoms with Crippen molar-refractivity contribution in [2.45, 2.75) is 63.9 Å². The van der Waals surface area contributed by atoms with Crippen LogP contribution >= 0.6 is 0 Å². The zero-order valence-corrected chi connectivity index (χ0v) is 12.2. The van der Waals surface area contributed by atoms with Gasteiger partial charge in [-0.25, -0.2) is 0 Å². The van der Waals surface area contributed by atoms with Crippen LogP contribution in [0.2, 0.25) is 0 Å². The molecule has 0 bridgehead atoms. The van der Waals surface area contributed by atoms with E-state index in [1.165, 1.54) is 18.4 Å².